The first kappa shape index (κ1) is 14.0. The molecule has 0 radical (unpaired) electrons. The number of hydrogen-bond donors (Lipinski definition) is 1. The van der Waals surface area contributed by atoms with Gasteiger partial charge in [-0.3, -0.25) is 0 Å². The Morgan fingerprint density at radius 3 is 2.58 bits per heavy atom. The molecule has 1 atom stereocenters. The zero-order valence-corrected chi connectivity index (χ0v) is 12.1. The first-order chi connectivity index (χ1) is 9.06. The largest absolute Gasteiger partial charge is 0.389 e. The van der Waals surface area contributed by atoms with E-state index in [0.29, 0.717) is 5.02 Å². The Bertz CT molecular complexity index is 578. The van der Waals surface area contributed by atoms with E-state index in [0.717, 1.165) is 35.7 Å². The predicted molar refractivity (Wildman–Crippen MR) is 75.8 cm³/mol. The van der Waals surface area contributed by atoms with Crippen molar-refractivity contribution in [2.75, 3.05) is 0 Å². The van der Waals surface area contributed by atoms with Crippen LogP contribution in [0.4, 0.5) is 0 Å². The quantitative estimate of drug-likeness (QED) is 0.936. The van der Waals surface area contributed by atoms with Crippen molar-refractivity contribution in [1.82, 2.24) is 14.8 Å². The monoisotopic (exact) mass is 279 g/mol. The molecule has 0 saturated heterocycles. The van der Waals surface area contributed by atoms with Crippen LogP contribution in [0.1, 0.15) is 44.1 Å². The number of aryl methyl sites for hydroxylation is 2. The molecule has 19 heavy (non-hydrogen) atoms. The third-order valence-electron chi connectivity index (χ3n) is 3.03. The summed E-state index contributed by atoms with van der Waals surface area (Å²) in [6.07, 6.45) is 1.06. The van der Waals surface area contributed by atoms with Gasteiger partial charge in [0.05, 0.1) is 16.8 Å². The lowest BCUT2D eigenvalue weighted by molar-refractivity contribution is 0.199. The standard InChI is InChI=1S/C14H18ClN3O/c1-4-13-16-14(5-2)18(17-13)12-7-6-10(9(3)19)8-11(12)15/h6-9,19H,4-5H2,1-3H3. The summed E-state index contributed by atoms with van der Waals surface area (Å²) in [5.41, 5.74) is 1.60. The van der Waals surface area contributed by atoms with Gasteiger partial charge in [-0.1, -0.05) is 31.5 Å². The highest BCUT2D eigenvalue weighted by Crippen LogP contribution is 2.25. The van der Waals surface area contributed by atoms with Crippen LogP contribution < -0.4 is 0 Å². The summed E-state index contributed by atoms with van der Waals surface area (Å²) >= 11 is 6.29. The second-order valence-electron chi connectivity index (χ2n) is 4.45. The molecule has 102 valence electrons. The van der Waals surface area contributed by atoms with Crippen molar-refractivity contribution in [3.05, 3.63) is 40.4 Å². The minimum Gasteiger partial charge on any atom is -0.389 e. The highest BCUT2D eigenvalue weighted by atomic mass is 35.5. The van der Waals surface area contributed by atoms with Crippen molar-refractivity contribution in [1.29, 1.82) is 0 Å². The molecule has 0 amide bonds. The smallest absolute Gasteiger partial charge is 0.151 e. The Kier molecular flexibility index (Phi) is 4.22. The first-order valence-corrected chi connectivity index (χ1v) is 6.87. The molecule has 0 aliphatic heterocycles. The summed E-state index contributed by atoms with van der Waals surface area (Å²) in [5.74, 6) is 1.70. The predicted octanol–water partition coefficient (Wildman–Crippen LogP) is 3.10. The normalized spacial score (nSPS) is 12.7. The molecule has 0 fully saturated rings. The van der Waals surface area contributed by atoms with Gasteiger partial charge in [-0.15, -0.1) is 0 Å². The zero-order valence-electron chi connectivity index (χ0n) is 11.4. The molecule has 5 heteroatoms. The molecule has 2 rings (SSSR count). The maximum Gasteiger partial charge on any atom is 0.151 e. The number of aliphatic hydroxyl groups excluding tert-OH is 1. The lowest BCUT2D eigenvalue weighted by Gasteiger charge is -2.10. The van der Waals surface area contributed by atoms with Crippen LogP contribution in [0.15, 0.2) is 18.2 Å². The third-order valence-corrected chi connectivity index (χ3v) is 3.34. The molecule has 1 heterocycles. The maximum absolute atomic E-state index is 9.56. The Morgan fingerprint density at radius 1 is 1.32 bits per heavy atom. The number of aliphatic hydroxyl groups is 1. The van der Waals surface area contributed by atoms with Crippen molar-refractivity contribution in [3.63, 3.8) is 0 Å². The average molecular weight is 280 g/mol. The molecule has 1 unspecified atom stereocenters. The lowest BCUT2D eigenvalue weighted by atomic mass is 10.1. The molecule has 1 aromatic carbocycles. The zero-order chi connectivity index (χ0) is 14.0. The van der Waals surface area contributed by atoms with E-state index in [4.69, 9.17) is 11.6 Å². The summed E-state index contributed by atoms with van der Waals surface area (Å²) in [7, 11) is 0. The van der Waals surface area contributed by atoms with Crippen molar-refractivity contribution < 1.29 is 5.11 Å². The van der Waals surface area contributed by atoms with E-state index >= 15 is 0 Å². The second kappa shape index (κ2) is 5.72. The van der Waals surface area contributed by atoms with Crippen LogP contribution in [0.5, 0.6) is 0 Å². The van der Waals surface area contributed by atoms with Crippen LogP contribution in [0.25, 0.3) is 5.69 Å². The van der Waals surface area contributed by atoms with Crippen LogP contribution in [0.2, 0.25) is 5.02 Å². The van der Waals surface area contributed by atoms with Crippen molar-refractivity contribution >= 4 is 11.6 Å². The van der Waals surface area contributed by atoms with E-state index in [9.17, 15) is 5.11 Å². The first-order valence-electron chi connectivity index (χ1n) is 6.49. The van der Waals surface area contributed by atoms with E-state index < -0.39 is 6.10 Å². The molecule has 0 spiro atoms. The van der Waals surface area contributed by atoms with Gasteiger partial charge in [-0.05, 0) is 24.6 Å². The Morgan fingerprint density at radius 2 is 2.05 bits per heavy atom. The van der Waals surface area contributed by atoms with E-state index in [1.165, 1.54) is 0 Å². The summed E-state index contributed by atoms with van der Waals surface area (Å²) in [5, 5.41) is 14.6. The summed E-state index contributed by atoms with van der Waals surface area (Å²) in [6, 6.07) is 5.50. The molecule has 1 N–H and O–H groups in total. The fraction of sp³-hybridized carbons (Fsp3) is 0.429. The number of rotatable bonds is 4. The van der Waals surface area contributed by atoms with Crippen LogP contribution in [0, 0.1) is 0 Å². The van der Waals surface area contributed by atoms with Crippen LogP contribution in [0.3, 0.4) is 0 Å². The van der Waals surface area contributed by atoms with Gasteiger partial charge in [0.1, 0.15) is 5.82 Å². The van der Waals surface area contributed by atoms with Gasteiger partial charge in [0.25, 0.3) is 0 Å². The van der Waals surface area contributed by atoms with Gasteiger partial charge in [0.2, 0.25) is 0 Å². The van der Waals surface area contributed by atoms with E-state index in [1.54, 1.807) is 17.7 Å². The van der Waals surface area contributed by atoms with Crippen molar-refractivity contribution in [2.24, 2.45) is 0 Å². The van der Waals surface area contributed by atoms with Gasteiger partial charge in [0.15, 0.2) is 5.82 Å². The highest BCUT2D eigenvalue weighted by molar-refractivity contribution is 6.32. The van der Waals surface area contributed by atoms with Crippen LogP contribution in [-0.2, 0) is 12.8 Å². The molecule has 0 bridgehead atoms. The number of halogens is 1. The Labute approximate surface area is 118 Å². The van der Waals surface area contributed by atoms with Gasteiger partial charge < -0.3 is 5.11 Å². The average Bonchev–Trinajstić information content (AvgIpc) is 2.81. The van der Waals surface area contributed by atoms with E-state index in [2.05, 4.69) is 10.1 Å². The van der Waals surface area contributed by atoms with E-state index in [1.807, 2.05) is 26.0 Å². The molecule has 0 aliphatic carbocycles. The Balaban J connectivity index is 2.49. The summed E-state index contributed by atoms with van der Waals surface area (Å²) < 4.78 is 1.78. The van der Waals surface area contributed by atoms with E-state index in [-0.39, 0.29) is 0 Å². The van der Waals surface area contributed by atoms with Crippen LogP contribution in [-0.4, -0.2) is 19.9 Å². The molecule has 0 saturated carbocycles. The fourth-order valence-corrected chi connectivity index (χ4v) is 2.19. The minimum absolute atomic E-state index is 0.529. The number of aromatic nitrogens is 3. The van der Waals surface area contributed by atoms with Crippen molar-refractivity contribution in [3.8, 4) is 5.69 Å². The number of hydrogen-bond acceptors (Lipinski definition) is 3. The molecule has 4 nitrogen and oxygen atoms in total. The van der Waals surface area contributed by atoms with Gasteiger partial charge in [-0.2, -0.15) is 5.10 Å². The lowest BCUT2D eigenvalue weighted by Crippen LogP contribution is -2.04. The summed E-state index contributed by atoms with van der Waals surface area (Å²) in [6.45, 7) is 5.78. The van der Waals surface area contributed by atoms with Crippen molar-refractivity contribution in [2.45, 2.75) is 39.7 Å². The second-order valence-corrected chi connectivity index (χ2v) is 4.86. The molecule has 2 aromatic rings. The van der Waals surface area contributed by atoms with Gasteiger partial charge >= 0.3 is 0 Å². The van der Waals surface area contributed by atoms with Gasteiger partial charge in [0, 0.05) is 12.8 Å². The molecule has 0 aliphatic rings. The summed E-state index contributed by atoms with van der Waals surface area (Å²) in [4.78, 5) is 4.47. The SMILES string of the molecule is CCc1nc(CC)n(-c2ccc(C(C)O)cc2Cl)n1. The highest BCUT2D eigenvalue weighted by Gasteiger charge is 2.13. The third kappa shape index (κ3) is 2.80. The van der Waals surface area contributed by atoms with Gasteiger partial charge in [-0.25, -0.2) is 9.67 Å². The topological polar surface area (TPSA) is 50.9 Å². The fourth-order valence-electron chi connectivity index (χ4n) is 1.92. The minimum atomic E-state index is -0.529. The maximum atomic E-state index is 9.56. The molecule has 1 aromatic heterocycles. The Hall–Kier alpha value is -1.39. The number of benzene rings is 1. The van der Waals surface area contributed by atoms with Crippen LogP contribution >= 0.6 is 11.6 Å². The molecular formula is C14H18ClN3O. The molecular weight excluding hydrogens is 262 g/mol. The number of nitrogens with zero attached hydrogens (tertiary/aromatic N) is 3.